The lowest BCUT2D eigenvalue weighted by atomic mass is 10.1. The Balaban J connectivity index is 2.14. The van der Waals surface area contributed by atoms with Gasteiger partial charge >= 0.3 is 0 Å². The van der Waals surface area contributed by atoms with Gasteiger partial charge in [0.1, 0.15) is 6.54 Å². The molecule has 2 aromatic carbocycles. The Morgan fingerprint density at radius 3 is 2.33 bits per heavy atom. The molecule has 7 heteroatoms. The SMILES string of the molecule is CCc1ccc([C@@H](C)NC(=O)CN(c2ccc(Br)c(C)c2)S(C)(=O)=O)cc1. The van der Waals surface area contributed by atoms with Gasteiger partial charge in [0.05, 0.1) is 18.0 Å². The number of halogens is 1. The number of carbonyl (C=O) groups excluding carboxylic acids is 1. The first kappa shape index (κ1) is 21.4. The first-order chi connectivity index (χ1) is 12.6. The molecule has 0 unspecified atom stereocenters. The molecule has 146 valence electrons. The zero-order chi connectivity index (χ0) is 20.2. The summed E-state index contributed by atoms with van der Waals surface area (Å²) in [7, 11) is -3.59. The number of anilines is 1. The van der Waals surface area contributed by atoms with Crippen LogP contribution < -0.4 is 9.62 Å². The number of benzene rings is 2. The van der Waals surface area contributed by atoms with Crippen LogP contribution in [0.15, 0.2) is 46.9 Å². The Morgan fingerprint density at radius 2 is 1.81 bits per heavy atom. The average molecular weight is 453 g/mol. The van der Waals surface area contributed by atoms with Crippen LogP contribution in [-0.2, 0) is 21.2 Å². The van der Waals surface area contributed by atoms with Crippen LogP contribution in [0.25, 0.3) is 0 Å². The van der Waals surface area contributed by atoms with Crippen molar-refractivity contribution in [2.45, 2.75) is 33.2 Å². The van der Waals surface area contributed by atoms with Crippen LogP contribution in [0.3, 0.4) is 0 Å². The number of aryl methyl sites for hydroxylation is 2. The number of nitrogens with one attached hydrogen (secondary N) is 1. The molecule has 0 aliphatic heterocycles. The minimum atomic E-state index is -3.59. The molecule has 0 aliphatic rings. The highest BCUT2D eigenvalue weighted by atomic mass is 79.9. The topological polar surface area (TPSA) is 66.5 Å². The molecule has 1 N–H and O–H groups in total. The van der Waals surface area contributed by atoms with Crippen molar-refractivity contribution in [1.82, 2.24) is 5.32 Å². The van der Waals surface area contributed by atoms with E-state index in [-0.39, 0.29) is 18.5 Å². The molecule has 0 spiro atoms. The van der Waals surface area contributed by atoms with Crippen molar-refractivity contribution in [2.75, 3.05) is 17.1 Å². The van der Waals surface area contributed by atoms with Crippen molar-refractivity contribution in [1.29, 1.82) is 0 Å². The fourth-order valence-electron chi connectivity index (χ4n) is 2.73. The zero-order valence-electron chi connectivity index (χ0n) is 16.0. The van der Waals surface area contributed by atoms with Gasteiger partial charge in [-0.2, -0.15) is 0 Å². The molecule has 5 nitrogen and oxygen atoms in total. The summed E-state index contributed by atoms with van der Waals surface area (Å²) >= 11 is 3.40. The normalized spacial score (nSPS) is 12.5. The molecule has 0 bridgehead atoms. The summed E-state index contributed by atoms with van der Waals surface area (Å²) < 4.78 is 26.5. The summed E-state index contributed by atoms with van der Waals surface area (Å²) in [5.74, 6) is -0.354. The van der Waals surface area contributed by atoms with Gasteiger partial charge in [0.15, 0.2) is 0 Å². The van der Waals surface area contributed by atoms with Gasteiger partial charge < -0.3 is 5.32 Å². The van der Waals surface area contributed by atoms with Crippen LogP contribution in [0.5, 0.6) is 0 Å². The van der Waals surface area contributed by atoms with Crippen molar-refractivity contribution in [2.24, 2.45) is 0 Å². The number of nitrogens with zero attached hydrogens (tertiary/aromatic N) is 1. The van der Waals surface area contributed by atoms with E-state index < -0.39 is 10.0 Å². The lowest BCUT2D eigenvalue weighted by molar-refractivity contribution is -0.120. The molecular formula is C20H25BrN2O3S. The lowest BCUT2D eigenvalue weighted by Gasteiger charge is -2.24. The quantitative estimate of drug-likeness (QED) is 0.690. The van der Waals surface area contributed by atoms with E-state index in [1.165, 1.54) is 5.56 Å². The fourth-order valence-corrected chi connectivity index (χ4v) is 3.82. The van der Waals surface area contributed by atoms with Gasteiger partial charge in [0.25, 0.3) is 0 Å². The molecule has 1 amide bonds. The second-order valence-corrected chi connectivity index (χ2v) is 9.35. The van der Waals surface area contributed by atoms with Gasteiger partial charge in [-0.25, -0.2) is 8.42 Å². The molecule has 0 fully saturated rings. The van der Waals surface area contributed by atoms with Crippen molar-refractivity contribution < 1.29 is 13.2 Å². The minimum absolute atomic E-state index is 0.212. The predicted octanol–water partition coefficient (Wildman–Crippen LogP) is 3.96. The van der Waals surface area contributed by atoms with Crippen molar-refractivity contribution in [3.8, 4) is 0 Å². The number of hydrogen-bond acceptors (Lipinski definition) is 3. The van der Waals surface area contributed by atoms with Crippen LogP contribution in [0.1, 0.15) is 36.6 Å². The summed E-state index contributed by atoms with van der Waals surface area (Å²) in [6, 6.07) is 13.0. The summed E-state index contributed by atoms with van der Waals surface area (Å²) in [4.78, 5) is 12.5. The third-order valence-corrected chi connectivity index (χ3v) is 6.41. The highest BCUT2D eigenvalue weighted by Crippen LogP contribution is 2.24. The van der Waals surface area contributed by atoms with Gasteiger partial charge in [-0.15, -0.1) is 0 Å². The molecule has 0 aliphatic carbocycles. The molecule has 1 atom stereocenters. The number of amides is 1. The standard InChI is InChI=1S/C20H25BrN2O3S/c1-5-16-6-8-17(9-7-16)15(3)22-20(24)13-23(27(4,25)26)18-10-11-19(21)14(2)12-18/h6-12,15H,5,13H2,1-4H3,(H,22,24)/t15-/m1/s1. The largest absolute Gasteiger partial charge is 0.348 e. The molecule has 0 aromatic heterocycles. The van der Waals surface area contributed by atoms with Crippen molar-refractivity contribution >= 4 is 37.5 Å². The smallest absolute Gasteiger partial charge is 0.241 e. The Kier molecular flexibility index (Phi) is 7.06. The van der Waals surface area contributed by atoms with E-state index >= 15 is 0 Å². The number of sulfonamides is 1. The van der Waals surface area contributed by atoms with Gasteiger partial charge in [0.2, 0.25) is 15.9 Å². The van der Waals surface area contributed by atoms with Crippen LogP contribution in [0, 0.1) is 6.92 Å². The molecule has 2 aromatic rings. The van der Waals surface area contributed by atoms with E-state index in [0.29, 0.717) is 5.69 Å². The molecule has 27 heavy (non-hydrogen) atoms. The van der Waals surface area contributed by atoms with Crippen LogP contribution in [-0.4, -0.2) is 27.1 Å². The van der Waals surface area contributed by atoms with E-state index in [4.69, 9.17) is 0 Å². The summed E-state index contributed by atoms with van der Waals surface area (Å²) in [6.07, 6.45) is 2.06. The van der Waals surface area contributed by atoms with Gasteiger partial charge in [-0.1, -0.05) is 47.1 Å². The fraction of sp³-hybridized carbons (Fsp3) is 0.350. The number of carbonyl (C=O) groups is 1. The van der Waals surface area contributed by atoms with Gasteiger partial charge in [-0.3, -0.25) is 9.10 Å². The first-order valence-electron chi connectivity index (χ1n) is 8.74. The first-order valence-corrected chi connectivity index (χ1v) is 11.4. The zero-order valence-corrected chi connectivity index (χ0v) is 18.4. The highest BCUT2D eigenvalue weighted by molar-refractivity contribution is 9.10. The van der Waals surface area contributed by atoms with Crippen molar-refractivity contribution in [3.05, 3.63) is 63.6 Å². The highest BCUT2D eigenvalue weighted by Gasteiger charge is 2.22. The molecule has 0 saturated heterocycles. The Morgan fingerprint density at radius 1 is 1.19 bits per heavy atom. The summed E-state index contributed by atoms with van der Waals surface area (Å²) in [6.45, 7) is 5.57. The molecular weight excluding hydrogens is 428 g/mol. The van der Waals surface area contributed by atoms with Gasteiger partial charge in [0, 0.05) is 4.47 Å². The minimum Gasteiger partial charge on any atom is -0.348 e. The average Bonchev–Trinajstić information content (AvgIpc) is 2.61. The molecule has 0 heterocycles. The second-order valence-electron chi connectivity index (χ2n) is 6.59. The second kappa shape index (κ2) is 8.89. The Labute approximate surface area is 170 Å². The number of rotatable bonds is 7. The Hall–Kier alpha value is -1.86. The summed E-state index contributed by atoms with van der Waals surface area (Å²) in [5, 5.41) is 2.88. The maximum atomic E-state index is 12.5. The molecule has 0 saturated carbocycles. The summed E-state index contributed by atoms with van der Waals surface area (Å²) in [5.41, 5.74) is 3.57. The molecule has 2 rings (SSSR count). The van der Waals surface area contributed by atoms with Crippen LogP contribution >= 0.6 is 15.9 Å². The van der Waals surface area contributed by atoms with E-state index in [1.807, 2.05) is 38.1 Å². The van der Waals surface area contributed by atoms with E-state index in [1.54, 1.807) is 18.2 Å². The Bertz CT molecular complexity index is 911. The maximum Gasteiger partial charge on any atom is 0.241 e. The monoisotopic (exact) mass is 452 g/mol. The predicted molar refractivity (Wildman–Crippen MR) is 113 cm³/mol. The van der Waals surface area contributed by atoms with E-state index in [0.717, 1.165) is 32.6 Å². The van der Waals surface area contributed by atoms with Crippen LogP contribution in [0.2, 0.25) is 0 Å². The van der Waals surface area contributed by atoms with Crippen molar-refractivity contribution in [3.63, 3.8) is 0 Å². The maximum absolute atomic E-state index is 12.5. The van der Waals surface area contributed by atoms with E-state index in [9.17, 15) is 13.2 Å². The number of hydrogen-bond donors (Lipinski definition) is 1. The van der Waals surface area contributed by atoms with E-state index in [2.05, 4.69) is 28.2 Å². The molecule has 0 radical (unpaired) electrons. The van der Waals surface area contributed by atoms with Crippen LogP contribution in [0.4, 0.5) is 5.69 Å². The van der Waals surface area contributed by atoms with Gasteiger partial charge in [-0.05, 0) is 55.2 Å². The lowest BCUT2D eigenvalue weighted by Crippen LogP contribution is -2.41. The third kappa shape index (κ3) is 5.81. The third-order valence-electron chi connectivity index (χ3n) is 4.38.